The van der Waals surface area contributed by atoms with E-state index >= 15 is 0 Å². The number of piperidine rings is 1. The Bertz CT molecular complexity index is 1880. The van der Waals surface area contributed by atoms with Crippen LogP contribution >= 0.6 is 23.2 Å². The molecule has 0 spiro atoms. The van der Waals surface area contributed by atoms with Crippen molar-refractivity contribution in [3.63, 3.8) is 0 Å². The molecule has 2 aliphatic rings. The van der Waals surface area contributed by atoms with Crippen LogP contribution in [0.25, 0.3) is 0 Å². The van der Waals surface area contributed by atoms with Crippen molar-refractivity contribution in [3.8, 4) is 6.07 Å². The Balaban J connectivity index is 1.35. The average molecular weight is 736 g/mol. The summed E-state index contributed by atoms with van der Waals surface area (Å²) in [5, 5.41) is 24.6. The van der Waals surface area contributed by atoms with Gasteiger partial charge in [-0.25, -0.2) is 22.0 Å². The van der Waals surface area contributed by atoms with Gasteiger partial charge >= 0.3 is 5.97 Å². The Morgan fingerprint density at radius 2 is 1.71 bits per heavy atom. The third-order valence-corrected chi connectivity index (χ3v) is 11.0. The normalized spacial score (nSPS) is 20.2. The van der Waals surface area contributed by atoms with E-state index in [4.69, 9.17) is 23.2 Å². The number of carbonyl (C=O) groups is 3. The Morgan fingerprint density at radius 1 is 1.06 bits per heavy atom. The van der Waals surface area contributed by atoms with Gasteiger partial charge in [0, 0.05) is 63.0 Å². The number of aliphatic carboxylic acids is 1. The number of carbonyl (C=O) groups excluding carboxylic acids is 2. The fraction of sp³-hybridized carbons (Fsp3) is 0.344. The first-order chi connectivity index (χ1) is 23.2. The van der Waals surface area contributed by atoms with E-state index in [0.717, 1.165) is 4.31 Å². The number of aromatic nitrogens is 1. The maximum atomic E-state index is 14.0. The Morgan fingerprint density at radius 3 is 2.33 bits per heavy atom. The number of sulfonamides is 1. The second kappa shape index (κ2) is 14.7. The zero-order valence-corrected chi connectivity index (χ0v) is 28.0. The number of nitriles is 1. The molecule has 17 heteroatoms. The second-order valence-corrected chi connectivity index (χ2v) is 14.4. The number of hydrogen-bond donors (Lipinski definition) is 3. The summed E-state index contributed by atoms with van der Waals surface area (Å²) in [6.07, 6.45) is 1.54. The highest BCUT2D eigenvalue weighted by Gasteiger charge is 2.50. The number of halogens is 4. The average Bonchev–Trinajstić information content (AvgIpc) is 3.51. The molecule has 0 radical (unpaired) electrons. The fourth-order valence-electron chi connectivity index (χ4n) is 5.99. The number of likely N-dealkylation sites (tertiary alicyclic amines) is 1. The van der Waals surface area contributed by atoms with Crippen molar-refractivity contribution in [3.05, 3.63) is 87.7 Å². The van der Waals surface area contributed by atoms with Crippen molar-refractivity contribution in [2.75, 3.05) is 25.0 Å². The Hall–Kier alpha value is -4.20. The van der Waals surface area contributed by atoms with Crippen LogP contribution in [0, 0.1) is 11.3 Å². The van der Waals surface area contributed by atoms with Crippen molar-refractivity contribution < 1.29 is 36.7 Å². The molecule has 1 unspecified atom stereocenters. The topological polar surface area (TPSA) is 173 Å². The number of amides is 2. The summed E-state index contributed by atoms with van der Waals surface area (Å²) in [4.78, 5) is 44.2. The number of carboxylic acid groups (broad SMARTS) is 1. The van der Waals surface area contributed by atoms with Crippen LogP contribution in [0.15, 0.2) is 65.8 Å². The quantitative estimate of drug-likeness (QED) is 0.276. The predicted octanol–water partition coefficient (Wildman–Crippen LogP) is 4.19. The van der Waals surface area contributed by atoms with Gasteiger partial charge in [0.1, 0.15) is 12.1 Å². The van der Waals surface area contributed by atoms with Gasteiger partial charge in [-0.05, 0) is 42.3 Å². The SMILES string of the molecule is N#Cc1cccc(S(=O)(=O)N2CCC(N3CCC(F)(F)CC3)[C@H]2C(=O)N[C@@H](Cc2ccc(NC(=O)c3c(Cl)cncc3Cl)cc2)C(=O)O)c1. The molecule has 3 heterocycles. The lowest BCUT2D eigenvalue weighted by atomic mass is 9.99. The molecule has 0 saturated carbocycles. The molecule has 3 aromatic rings. The van der Waals surface area contributed by atoms with Gasteiger partial charge in [-0.1, -0.05) is 41.4 Å². The number of hydrogen-bond acceptors (Lipinski definition) is 8. The van der Waals surface area contributed by atoms with Crippen molar-refractivity contribution in [1.29, 1.82) is 5.26 Å². The number of anilines is 1. The van der Waals surface area contributed by atoms with Gasteiger partial charge in [0.25, 0.3) is 11.8 Å². The minimum Gasteiger partial charge on any atom is -0.480 e. The van der Waals surface area contributed by atoms with Crippen molar-refractivity contribution in [2.24, 2.45) is 0 Å². The molecule has 0 aliphatic carbocycles. The summed E-state index contributed by atoms with van der Waals surface area (Å²) in [6.45, 7) is -0.288. The Labute approximate surface area is 290 Å². The van der Waals surface area contributed by atoms with Crippen LogP contribution in [-0.4, -0.2) is 89.2 Å². The number of pyridine rings is 1. The summed E-state index contributed by atoms with van der Waals surface area (Å²) in [6, 6.07) is 9.52. The molecule has 1 aromatic heterocycles. The van der Waals surface area contributed by atoms with E-state index < -0.39 is 64.7 Å². The van der Waals surface area contributed by atoms with Crippen LogP contribution < -0.4 is 10.6 Å². The maximum absolute atomic E-state index is 14.0. The maximum Gasteiger partial charge on any atom is 0.326 e. The van der Waals surface area contributed by atoms with Gasteiger partial charge in [-0.15, -0.1) is 0 Å². The van der Waals surface area contributed by atoms with Crippen molar-refractivity contribution in [1.82, 2.24) is 19.5 Å². The minimum atomic E-state index is -4.37. The first-order valence-electron chi connectivity index (χ1n) is 15.1. The summed E-state index contributed by atoms with van der Waals surface area (Å²) >= 11 is 12.1. The molecule has 2 saturated heterocycles. The molecular formula is C32H30Cl2F2N6O6S. The molecule has 2 aliphatic heterocycles. The van der Waals surface area contributed by atoms with Crippen LogP contribution in [0.4, 0.5) is 14.5 Å². The molecule has 12 nitrogen and oxygen atoms in total. The van der Waals surface area contributed by atoms with Crippen LogP contribution in [-0.2, 0) is 26.0 Å². The van der Waals surface area contributed by atoms with Gasteiger partial charge in [-0.2, -0.15) is 9.57 Å². The third kappa shape index (κ3) is 8.17. The Kier molecular flexibility index (Phi) is 10.9. The van der Waals surface area contributed by atoms with E-state index in [0.29, 0.717) is 11.3 Å². The summed E-state index contributed by atoms with van der Waals surface area (Å²) in [7, 11) is -4.37. The zero-order chi connectivity index (χ0) is 35.5. The molecule has 2 amide bonds. The van der Waals surface area contributed by atoms with Crippen molar-refractivity contribution >= 4 is 56.7 Å². The largest absolute Gasteiger partial charge is 0.480 e. The van der Waals surface area contributed by atoms with Gasteiger partial charge in [-0.3, -0.25) is 19.5 Å². The van der Waals surface area contributed by atoms with E-state index in [2.05, 4.69) is 15.6 Å². The number of carboxylic acids is 1. The number of benzene rings is 2. The second-order valence-electron chi connectivity index (χ2n) is 11.7. The summed E-state index contributed by atoms with van der Waals surface area (Å²) in [5.41, 5.74) is 0.909. The molecular weight excluding hydrogens is 705 g/mol. The molecule has 0 bridgehead atoms. The van der Waals surface area contributed by atoms with E-state index in [1.54, 1.807) is 17.0 Å². The number of nitrogens with one attached hydrogen (secondary N) is 2. The third-order valence-electron chi connectivity index (χ3n) is 8.50. The molecule has 5 rings (SSSR count). The summed E-state index contributed by atoms with van der Waals surface area (Å²) in [5.74, 6) is -5.77. The van der Waals surface area contributed by atoms with Crippen molar-refractivity contribution in [2.45, 2.75) is 54.6 Å². The standard InChI is InChI=1S/C32H30Cl2F2N6O6S/c33-23-17-38-18-24(34)27(23)29(43)39-21-6-4-19(5-7-21)15-25(31(45)46)40-30(44)28-26(41-12-9-32(35,36)10-13-41)8-11-42(28)49(47,48)22-3-1-2-20(14-22)16-37/h1-7,14,17-18,25-26,28H,8-13,15H2,(H,39,43)(H,40,44)(H,45,46)/t25-,26?,28-/m0/s1. The van der Waals surface area contributed by atoms with E-state index in [1.165, 1.54) is 48.8 Å². The predicted molar refractivity (Wildman–Crippen MR) is 175 cm³/mol. The van der Waals surface area contributed by atoms with E-state index in [1.807, 2.05) is 6.07 Å². The molecule has 258 valence electrons. The van der Waals surface area contributed by atoms with E-state index in [9.17, 15) is 42.0 Å². The first kappa shape index (κ1) is 36.1. The van der Waals surface area contributed by atoms with Gasteiger partial charge in [0.2, 0.25) is 15.9 Å². The minimum absolute atomic E-state index is 0.0216. The molecule has 2 fully saturated rings. The number of nitrogens with zero attached hydrogens (tertiary/aromatic N) is 4. The lowest BCUT2D eigenvalue weighted by molar-refractivity contribution is -0.142. The van der Waals surface area contributed by atoms with Crippen LogP contribution in [0.3, 0.4) is 0 Å². The van der Waals surface area contributed by atoms with Crippen LogP contribution in [0.1, 0.15) is 40.7 Å². The lowest BCUT2D eigenvalue weighted by Gasteiger charge is -2.38. The van der Waals surface area contributed by atoms with Crippen LogP contribution in [0.5, 0.6) is 0 Å². The number of rotatable bonds is 10. The monoisotopic (exact) mass is 734 g/mol. The highest BCUT2D eigenvalue weighted by Crippen LogP contribution is 2.35. The molecule has 49 heavy (non-hydrogen) atoms. The van der Waals surface area contributed by atoms with Gasteiger partial charge < -0.3 is 15.7 Å². The highest BCUT2D eigenvalue weighted by molar-refractivity contribution is 7.89. The molecule has 3 atom stereocenters. The molecule has 2 aromatic carbocycles. The highest BCUT2D eigenvalue weighted by atomic mass is 35.5. The van der Waals surface area contributed by atoms with E-state index in [-0.39, 0.29) is 58.5 Å². The smallest absolute Gasteiger partial charge is 0.326 e. The molecule has 3 N–H and O–H groups in total. The van der Waals surface area contributed by atoms with Gasteiger partial charge in [0.05, 0.1) is 32.1 Å². The fourth-order valence-corrected chi connectivity index (χ4v) is 8.20. The number of alkyl halides is 2. The lowest BCUT2D eigenvalue weighted by Crippen LogP contribution is -2.58. The zero-order valence-electron chi connectivity index (χ0n) is 25.7. The van der Waals surface area contributed by atoms with Crippen LogP contribution in [0.2, 0.25) is 10.0 Å². The summed E-state index contributed by atoms with van der Waals surface area (Å²) < 4.78 is 56.6. The first-order valence-corrected chi connectivity index (χ1v) is 17.3. The van der Waals surface area contributed by atoms with Gasteiger partial charge in [0.15, 0.2) is 0 Å².